The highest BCUT2D eigenvalue weighted by atomic mass is 31.2. The Balaban J connectivity index is 5.38. The maximum Gasteiger partial charge on any atom is 0.472 e. The van der Waals surface area contributed by atoms with Gasteiger partial charge in [0, 0.05) is 25.7 Å². The summed E-state index contributed by atoms with van der Waals surface area (Å²) in [5.41, 5.74) is 0. The van der Waals surface area contributed by atoms with Gasteiger partial charge in [-0.3, -0.25) is 37.3 Å². The number of unbranched alkanes of at least 4 members (excludes halogenated alkanes) is 27. The molecule has 0 saturated carbocycles. The predicted octanol–water partition coefficient (Wildman–Crippen LogP) is 21.8. The van der Waals surface area contributed by atoms with Crippen molar-refractivity contribution in [3.05, 3.63) is 109 Å². The van der Waals surface area contributed by atoms with Crippen LogP contribution in [0.25, 0.3) is 0 Å². The standard InChI is InChI=1S/C79H136O17P2/c1-5-9-13-17-21-25-29-33-35-36-38-42-44-48-52-56-60-64-77(82)90-70-75(96-79(84)66-62-58-54-50-46-40-32-28-24-20-16-12-8-4)72-94-98(87,88)92-68-73(80)67-91-97(85,86)93-71-74(95-78(83)65-61-57-53-49-45-39-31-27-23-19-15-11-7-3)69-89-76(81)63-59-55-51-47-43-41-37-34-30-26-22-18-14-10-6-2/h9,13,15,19,21-22,25-28,31-35,37-38,42,73-75,80H,5-8,10-12,14,16-18,20,23-24,29-30,36,39-41,43-72H2,1-4H3,(H,85,86)(H,87,88)/b13-9-,19-15-,25-21-,26-22-,31-27-,32-28-,35-33-,37-34-,42-38-. The van der Waals surface area contributed by atoms with Crippen LogP contribution in [0.15, 0.2) is 109 Å². The van der Waals surface area contributed by atoms with E-state index in [0.29, 0.717) is 25.7 Å². The number of hydrogen-bond acceptors (Lipinski definition) is 15. The van der Waals surface area contributed by atoms with Crippen molar-refractivity contribution in [1.29, 1.82) is 0 Å². The molecule has 5 unspecified atom stereocenters. The molecular weight excluding hydrogens is 1280 g/mol. The number of hydrogen-bond donors (Lipinski definition) is 3. The van der Waals surface area contributed by atoms with Gasteiger partial charge in [0.1, 0.15) is 19.3 Å². The third-order valence-corrected chi connectivity index (χ3v) is 17.6. The predicted molar refractivity (Wildman–Crippen MR) is 399 cm³/mol. The lowest BCUT2D eigenvalue weighted by Crippen LogP contribution is -2.30. The molecule has 17 nitrogen and oxygen atoms in total. The van der Waals surface area contributed by atoms with E-state index >= 15 is 0 Å². The van der Waals surface area contributed by atoms with Crippen LogP contribution >= 0.6 is 15.6 Å². The Morgan fingerprint density at radius 3 is 0.888 bits per heavy atom. The Kier molecular flexibility index (Phi) is 68.0. The first-order valence-electron chi connectivity index (χ1n) is 38.1. The molecule has 0 aromatic heterocycles. The van der Waals surface area contributed by atoms with Crippen molar-refractivity contribution >= 4 is 39.5 Å². The second-order valence-electron chi connectivity index (χ2n) is 25.2. The number of aliphatic hydroxyl groups excluding tert-OH is 1. The molecular formula is C79H136O17P2. The number of carbonyl (C=O) groups is 4. The zero-order chi connectivity index (χ0) is 71.8. The molecule has 0 aliphatic carbocycles. The molecule has 0 aliphatic rings. The minimum Gasteiger partial charge on any atom is -0.462 e. The number of carbonyl (C=O) groups excluding carboxylic acids is 4. The van der Waals surface area contributed by atoms with Gasteiger partial charge in [0.05, 0.1) is 26.4 Å². The van der Waals surface area contributed by atoms with Crippen LogP contribution in [0.4, 0.5) is 0 Å². The van der Waals surface area contributed by atoms with Gasteiger partial charge in [0.25, 0.3) is 0 Å². The van der Waals surface area contributed by atoms with E-state index in [1.807, 2.05) is 0 Å². The molecule has 5 atom stereocenters. The Bertz CT molecular complexity index is 2290. The maximum absolute atomic E-state index is 13.1. The largest absolute Gasteiger partial charge is 0.472 e. The van der Waals surface area contributed by atoms with E-state index in [1.54, 1.807) is 0 Å². The van der Waals surface area contributed by atoms with Crippen molar-refractivity contribution in [3.63, 3.8) is 0 Å². The molecule has 0 fully saturated rings. The van der Waals surface area contributed by atoms with Crippen molar-refractivity contribution < 1.29 is 80.2 Å². The lowest BCUT2D eigenvalue weighted by molar-refractivity contribution is -0.161. The Morgan fingerprint density at radius 2 is 0.551 bits per heavy atom. The first-order valence-corrected chi connectivity index (χ1v) is 41.1. The number of ether oxygens (including phenoxy) is 4. The summed E-state index contributed by atoms with van der Waals surface area (Å²) < 4.78 is 68.4. The third kappa shape index (κ3) is 70.2. The van der Waals surface area contributed by atoms with E-state index in [1.165, 1.54) is 44.9 Å². The lowest BCUT2D eigenvalue weighted by Gasteiger charge is -2.21. The quantitative estimate of drug-likeness (QED) is 0.0169. The molecule has 0 saturated heterocycles. The van der Waals surface area contributed by atoms with Crippen LogP contribution in [-0.4, -0.2) is 96.7 Å². The summed E-state index contributed by atoms with van der Waals surface area (Å²) in [4.78, 5) is 72.8. The summed E-state index contributed by atoms with van der Waals surface area (Å²) in [5, 5.41) is 10.6. The number of phosphoric acid groups is 2. The fourth-order valence-corrected chi connectivity index (χ4v) is 11.4. The Morgan fingerprint density at radius 1 is 0.296 bits per heavy atom. The van der Waals surface area contributed by atoms with Crippen LogP contribution < -0.4 is 0 Å². The summed E-state index contributed by atoms with van der Waals surface area (Å²) in [5.74, 6) is -2.24. The van der Waals surface area contributed by atoms with Gasteiger partial charge < -0.3 is 33.8 Å². The van der Waals surface area contributed by atoms with Crippen LogP contribution in [0, 0.1) is 0 Å². The normalized spacial score (nSPS) is 14.6. The molecule has 0 heterocycles. The van der Waals surface area contributed by atoms with E-state index in [2.05, 4.69) is 137 Å². The van der Waals surface area contributed by atoms with Crippen LogP contribution in [0.2, 0.25) is 0 Å². The molecule has 0 amide bonds. The highest BCUT2D eigenvalue weighted by molar-refractivity contribution is 7.47. The molecule has 0 aromatic carbocycles. The van der Waals surface area contributed by atoms with Gasteiger partial charge in [-0.25, -0.2) is 9.13 Å². The van der Waals surface area contributed by atoms with Gasteiger partial charge >= 0.3 is 39.5 Å². The average molecular weight is 1420 g/mol. The zero-order valence-corrected chi connectivity index (χ0v) is 63.2. The van der Waals surface area contributed by atoms with Crippen molar-refractivity contribution in [1.82, 2.24) is 0 Å². The van der Waals surface area contributed by atoms with Crippen LogP contribution in [0.3, 0.4) is 0 Å². The topological polar surface area (TPSA) is 237 Å². The maximum atomic E-state index is 13.1. The van der Waals surface area contributed by atoms with Crippen molar-refractivity contribution in [3.8, 4) is 0 Å². The number of rotatable bonds is 71. The molecule has 0 radical (unpaired) electrons. The van der Waals surface area contributed by atoms with Crippen LogP contribution in [0.5, 0.6) is 0 Å². The van der Waals surface area contributed by atoms with E-state index in [-0.39, 0.29) is 25.7 Å². The number of esters is 4. The van der Waals surface area contributed by atoms with E-state index < -0.39 is 97.5 Å². The van der Waals surface area contributed by atoms with Crippen LogP contribution in [-0.2, 0) is 65.4 Å². The minimum absolute atomic E-state index is 0.0744. The van der Waals surface area contributed by atoms with Gasteiger partial charge in [-0.2, -0.15) is 0 Å². The summed E-state index contributed by atoms with van der Waals surface area (Å²) in [6, 6.07) is 0. The van der Waals surface area contributed by atoms with Gasteiger partial charge in [-0.15, -0.1) is 0 Å². The van der Waals surface area contributed by atoms with Crippen molar-refractivity contribution in [2.75, 3.05) is 39.6 Å². The first kappa shape index (κ1) is 93.7. The lowest BCUT2D eigenvalue weighted by atomic mass is 10.1. The molecule has 0 aliphatic heterocycles. The SMILES string of the molecule is CC/C=C\C/C=C\C/C=C\C/C=C\CCCCCCC(=O)OCC(COP(=O)(O)OCC(O)COP(=O)(O)OCC(COC(=O)CCCCCCC/C=C\C/C=C\CCCCC)OC(=O)CCCCCCC/C=C\C/C=C\CCC)OC(=O)CCCCCCC/C=C\CCCCCC. The van der Waals surface area contributed by atoms with Crippen molar-refractivity contribution in [2.45, 2.75) is 329 Å². The smallest absolute Gasteiger partial charge is 0.462 e. The molecule has 3 N–H and O–H groups in total. The van der Waals surface area contributed by atoms with Crippen LogP contribution in [0.1, 0.15) is 310 Å². The highest BCUT2D eigenvalue weighted by Crippen LogP contribution is 2.45. The molecule has 19 heteroatoms. The average Bonchev–Trinajstić information content (AvgIpc) is 0.969. The Labute approximate surface area is 594 Å². The summed E-state index contributed by atoms with van der Waals surface area (Å²) in [7, 11) is -9.96. The van der Waals surface area contributed by atoms with Gasteiger partial charge in [-0.05, 0) is 148 Å². The summed E-state index contributed by atoms with van der Waals surface area (Å²) >= 11 is 0. The Hall–Kier alpha value is -4.28. The molecule has 0 rings (SSSR count). The second kappa shape index (κ2) is 71.1. The summed E-state index contributed by atoms with van der Waals surface area (Å²) in [6.45, 7) is 4.59. The number of aliphatic hydroxyl groups is 1. The van der Waals surface area contributed by atoms with Gasteiger partial charge in [-0.1, -0.05) is 246 Å². The van der Waals surface area contributed by atoms with Gasteiger partial charge in [0.15, 0.2) is 12.2 Å². The number of phosphoric ester groups is 2. The molecule has 564 valence electrons. The van der Waals surface area contributed by atoms with E-state index in [0.717, 1.165) is 186 Å². The van der Waals surface area contributed by atoms with E-state index in [4.69, 9.17) is 37.0 Å². The van der Waals surface area contributed by atoms with Gasteiger partial charge in [0.2, 0.25) is 0 Å². The third-order valence-electron chi connectivity index (χ3n) is 15.7. The number of allylic oxidation sites excluding steroid dienone is 18. The molecule has 98 heavy (non-hydrogen) atoms. The fourth-order valence-electron chi connectivity index (χ4n) is 9.86. The molecule has 0 spiro atoms. The molecule has 0 aromatic rings. The fraction of sp³-hybridized carbons (Fsp3) is 0.722. The second-order valence-corrected chi connectivity index (χ2v) is 28.1. The summed E-state index contributed by atoms with van der Waals surface area (Å²) in [6.07, 6.45) is 75.0. The minimum atomic E-state index is -4.98. The van der Waals surface area contributed by atoms with Crippen molar-refractivity contribution in [2.24, 2.45) is 0 Å². The van der Waals surface area contributed by atoms with E-state index in [9.17, 15) is 43.2 Å². The zero-order valence-electron chi connectivity index (χ0n) is 61.4. The molecule has 0 bridgehead atoms. The monoisotopic (exact) mass is 1420 g/mol. The highest BCUT2D eigenvalue weighted by Gasteiger charge is 2.30. The first-order chi connectivity index (χ1) is 47.7.